The summed E-state index contributed by atoms with van der Waals surface area (Å²) >= 11 is 0. The van der Waals surface area contributed by atoms with Crippen molar-refractivity contribution < 1.29 is 202 Å². The number of aliphatic hydroxyl groups excluding tert-OH is 20. The summed E-state index contributed by atoms with van der Waals surface area (Å²) in [4.78, 5) is 124. The fourth-order valence-electron chi connectivity index (χ4n) is 10.8. The highest BCUT2D eigenvalue weighted by Gasteiger charge is 2.37. The molecule has 0 aromatic carbocycles. The lowest BCUT2D eigenvalue weighted by atomic mass is 10.0. The van der Waals surface area contributed by atoms with Gasteiger partial charge in [0, 0.05) is 94.6 Å². The topological polar surface area (TPSA) is 757 Å². The number of likely N-dealkylation sites (N-methyl/N-ethyl adjacent to an activating group) is 6. The Bertz CT molecular complexity index is 2910. The van der Waals surface area contributed by atoms with Crippen molar-refractivity contribution >= 4 is 53.2 Å². The van der Waals surface area contributed by atoms with E-state index in [2.05, 4.69) is 16.0 Å². The molecule has 9 amide bonds. The smallest absolute Gasteiger partial charge is 0.242 e. The standard InChI is InChI=1S/C76H148N12O41/c1-81(41-61(102)78-7-11-118-15-19-122-23-27-126-31-33-128-29-25-124-21-17-120-13-9-87(37-52(93)68(109)72(113)56(97)47-89)38-53(94)69(110)73(114)57(98)48-90)63(104)43-83(3)65(106)45-85(5)67(108)46-86(6)66(107)44-84(4)64(105)42-82(2)62(103)36-80-60(101)35-51(77)76(117)79-8-12-119-16-20-123-24-28-127-32-34-129-30-26-125-22-18-121-14-10-88(39-54(95)70(111)74(115)58(99)49-91)40-55(96)71(112)75(116)59(100)50-92/h51-59,68-75,89-100,109-116H,7-50,77H2,1-6H3,(H,78,102)(H,79,117)(H,80,101)/t51-,52-,53-,54-,55-,56+,57+,58+,59+,68+,69+,70+,71+,72+,73+,74+,75+/m0/s1. The van der Waals surface area contributed by atoms with Crippen molar-refractivity contribution in [2.24, 2.45) is 5.73 Å². The molecule has 0 spiro atoms. The van der Waals surface area contributed by atoms with Gasteiger partial charge in [0.15, 0.2) is 0 Å². The Morgan fingerprint density at radius 1 is 0.256 bits per heavy atom. The summed E-state index contributed by atoms with van der Waals surface area (Å²) in [7, 11) is 7.88. The first-order valence-electron chi connectivity index (χ1n) is 41.9. The van der Waals surface area contributed by atoms with Gasteiger partial charge >= 0.3 is 0 Å². The first kappa shape index (κ1) is 123. The van der Waals surface area contributed by atoms with Gasteiger partial charge in [0.25, 0.3) is 0 Å². The third-order valence-electron chi connectivity index (χ3n) is 19.0. The molecule has 25 N–H and O–H groups in total. The second-order valence-corrected chi connectivity index (χ2v) is 29.8. The highest BCUT2D eigenvalue weighted by molar-refractivity contribution is 5.93. The fourth-order valence-corrected chi connectivity index (χ4v) is 10.8. The second-order valence-electron chi connectivity index (χ2n) is 29.8. The van der Waals surface area contributed by atoms with E-state index in [1.807, 2.05) is 0 Å². The molecule has 0 aliphatic rings. The normalized spacial score (nSPS) is 15.8. The first-order valence-corrected chi connectivity index (χ1v) is 41.9. The van der Waals surface area contributed by atoms with Crippen LogP contribution in [0.3, 0.4) is 0 Å². The van der Waals surface area contributed by atoms with Crippen molar-refractivity contribution in [1.29, 1.82) is 0 Å². The summed E-state index contributed by atoms with van der Waals surface area (Å²) in [5, 5.41) is 205. The van der Waals surface area contributed by atoms with Gasteiger partial charge in [-0.05, 0) is 0 Å². The molecule has 0 fully saturated rings. The zero-order valence-electron chi connectivity index (χ0n) is 74.6. The van der Waals surface area contributed by atoms with E-state index >= 15 is 0 Å². The molecule has 53 nitrogen and oxygen atoms in total. The maximum absolute atomic E-state index is 13.1. The average molecular weight is 1890 g/mol. The molecule has 0 aliphatic heterocycles. The number of carbonyl (C=O) groups is 9. The Kier molecular flexibility index (Phi) is 70.6. The number of ether oxygens (including phenoxy) is 12. The van der Waals surface area contributed by atoms with Gasteiger partial charge in [0.1, 0.15) is 73.2 Å². The van der Waals surface area contributed by atoms with Gasteiger partial charge in [-0.1, -0.05) is 0 Å². The molecule has 53 heteroatoms. The highest BCUT2D eigenvalue weighted by atomic mass is 16.6. The van der Waals surface area contributed by atoms with E-state index in [1.54, 1.807) is 0 Å². The molecular formula is C76H148N12O41. The van der Waals surface area contributed by atoms with Crippen molar-refractivity contribution in [3.8, 4) is 0 Å². The first-order chi connectivity index (χ1) is 61.2. The molecule has 129 heavy (non-hydrogen) atoms. The van der Waals surface area contributed by atoms with Crippen LogP contribution in [0.5, 0.6) is 0 Å². The van der Waals surface area contributed by atoms with Crippen LogP contribution in [0, 0.1) is 0 Å². The Labute approximate surface area is 749 Å². The van der Waals surface area contributed by atoms with Crippen LogP contribution < -0.4 is 21.7 Å². The quantitative estimate of drug-likeness (QED) is 0.0251. The van der Waals surface area contributed by atoms with Crippen molar-refractivity contribution in [2.75, 3.05) is 325 Å². The van der Waals surface area contributed by atoms with Crippen LogP contribution in [0.25, 0.3) is 0 Å². The summed E-state index contributed by atoms with van der Waals surface area (Å²) in [6, 6.07) is -1.28. The lowest BCUT2D eigenvalue weighted by Crippen LogP contribution is -2.53. The Morgan fingerprint density at radius 2 is 0.457 bits per heavy atom. The van der Waals surface area contributed by atoms with Crippen molar-refractivity contribution in [3.05, 3.63) is 0 Å². The summed E-state index contributed by atoms with van der Waals surface area (Å²) in [5.74, 6) is -5.81. The lowest BCUT2D eigenvalue weighted by molar-refractivity contribution is -0.145. The van der Waals surface area contributed by atoms with Gasteiger partial charge in [-0.15, -0.1) is 0 Å². The number of amides is 9. The minimum Gasteiger partial charge on any atom is -0.394 e. The molecule has 0 unspecified atom stereocenters. The van der Waals surface area contributed by atoms with Gasteiger partial charge in [-0.2, -0.15) is 0 Å². The molecule has 0 radical (unpaired) electrons. The van der Waals surface area contributed by atoms with Gasteiger partial charge in [0.2, 0.25) is 53.2 Å². The van der Waals surface area contributed by atoms with Gasteiger partial charge in [-0.3, -0.25) is 53.0 Å². The summed E-state index contributed by atoms with van der Waals surface area (Å²) in [6.07, 6.45) is -29.8. The number of hydrogen-bond donors (Lipinski definition) is 24. The third kappa shape index (κ3) is 57.2. The van der Waals surface area contributed by atoms with Crippen LogP contribution in [-0.4, -0.2) is 624 Å². The molecule has 17 atom stereocenters. The number of hydrogen-bond acceptors (Lipinski definition) is 44. The second kappa shape index (κ2) is 74.2. The van der Waals surface area contributed by atoms with Crippen molar-refractivity contribution in [2.45, 2.75) is 110 Å². The van der Waals surface area contributed by atoms with E-state index in [1.165, 1.54) is 52.1 Å². The minimum atomic E-state index is -1.92. The van der Waals surface area contributed by atoms with E-state index in [0.29, 0.717) is 0 Å². The Hall–Kier alpha value is -6.17. The fraction of sp³-hybridized carbons (Fsp3) is 0.882. The van der Waals surface area contributed by atoms with Crippen LogP contribution >= 0.6 is 0 Å². The number of carbonyl (C=O) groups excluding carboxylic acids is 9. The minimum absolute atomic E-state index is 0.0175. The summed E-state index contributed by atoms with van der Waals surface area (Å²) in [6.45, 7) is -3.96. The summed E-state index contributed by atoms with van der Waals surface area (Å²) < 4.78 is 65.7. The number of rotatable bonds is 83. The molecule has 0 saturated carbocycles. The maximum atomic E-state index is 13.1. The molecular weight excluding hydrogens is 1740 g/mol. The largest absolute Gasteiger partial charge is 0.394 e. The van der Waals surface area contributed by atoms with E-state index in [9.17, 15) is 125 Å². The van der Waals surface area contributed by atoms with Gasteiger partial charge in [0.05, 0.1) is 268 Å². The lowest BCUT2D eigenvalue weighted by Gasteiger charge is -2.33. The predicted octanol–water partition coefficient (Wildman–Crippen LogP) is -18.7. The van der Waals surface area contributed by atoms with E-state index in [0.717, 1.165) is 29.4 Å². The van der Waals surface area contributed by atoms with Crippen LogP contribution in [0.15, 0.2) is 0 Å². The molecule has 0 aliphatic carbocycles. The highest BCUT2D eigenvalue weighted by Crippen LogP contribution is 2.14. The molecule has 0 saturated heterocycles. The number of nitrogens with zero attached hydrogens (tertiary/aromatic N) is 8. The van der Waals surface area contributed by atoms with Crippen molar-refractivity contribution in [3.63, 3.8) is 0 Å². The molecule has 758 valence electrons. The number of nitrogens with one attached hydrogen (secondary N) is 3. The number of nitrogens with two attached hydrogens (primary N) is 1. The Morgan fingerprint density at radius 3 is 0.698 bits per heavy atom. The zero-order chi connectivity index (χ0) is 97.3. The van der Waals surface area contributed by atoms with Crippen LogP contribution in [0.4, 0.5) is 0 Å². The monoisotopic (exact) mass is 1880 g/mol. The molecule has 0 rings (SSSR count). The summed E-state index contributed by atoms with van der Waals surface area (Å²) in [5.41, 5.74) is 5.89. The van der Waals surface area contributed by atoms with E-state index in [-0.39, 0.29) is 191 Å². The van der Waals surface area contributed by atoms with E-state index < -0.39 is 255 Å². The maximum Gasteiger partial charge on any atom is 0.242 e. The van der Waals surface area contributed by atoms with Crippen LogP contribution in [-0.2, 0) is 100.0 Å². The Balaban J connectivity index is 4.28. The number of aliphatic hydroxyl groups is 20. The van der Waals surface area contributed by atoms with Gasteiger partial charge in [-0.25, -0.2) is 0 Å². The van der Waals surface area contributed by atoms with Crippen LogP contribution in [0.2, 0.25) is 0 Å². The van der Waals surface area contributed by atoms with Crippen LogP contribution in [0.1, 0.15) is 6.42 Å². The molecule has 0 aromatic rings. The van der Waals surface area contributed by atoms with Gasteiger partial charge < -0.3 is 210 Å². The van der Waals surface area contributed by atoms with E-state index in [4.69, 9.17) is 83.0 Å². The predicted molar refractivity (Wildman–Crippen MR) is 445 cm³/mol. The molecule has 0 bridgehead atoms. The molecule has 0 heterocycles. The SMILES string of the molecule is CN(CC(=O)NCCOCCOCCOCCOCCOCCOCCN(C[C@H](O)[C@@H](O)[C@H](O)[C@H](O)CO)C[C@H](O)[C@@H](O)[C@H](O)[C@H](O)CO)C(=O)CN(C)C(=O)CN(C)C(=O)CN(C)C(=O)CN(C)C(=O)CN(C)C(=O)CNC(=O)C[C@H](N)C(=O)NCCOCCOCCOCCOCCOCCOCCN(C[C@H](O)[C@@H](O)[C@H](O)[C@H](O)CO)C[C@H](O)[C@@H](O)[C@H](O)[C@H](O)CO. The van der Waals surface area contributed by atoms with Crippen molar-refractivity contribution in [1.82, 2.24) is 55.1 Å². The molecule has 0 aromatic heterocycles. The average Bonchev–Trinajstić information content (AvgIpc) is 0.874. The zero-order valence-corrected chi connectivity index (χ0v) is 74.6. The third-order valence-corrected chi connectivity index (χ3v) is 19.0.